The molecular weight excluding hydrogens is 327 g/mol. The largest absolute Gasteiger partial charge is 0.544 e. The summed E-state index contributed by atoms with van der Waals surface area (Å²) in [5, 5.41) is 13.7. The third-order valence-electron chi connectivity index (χ3n) is 3.03. The Balaban J connectivity index is 3.45. The Morgan fingerprint density at radius 1 is 1.25 bits per heavy atom. The minimum atomic E-state index is -4.64. The molecule has 24 heavy (non-hydrogen) atoms. The molecule has 0 bridgehead atoms. The number of benzene rings is 1. The first-order valence-electron chi connectivity index (χ1n) is 7.15. The Labute approximate surface area is 137 Å². The van der Waals surface area contributed by atoms with Crippen molar-refractivity contribution in [3.05, 3.63) is 41.1 Å². The number of rotatable bonds is 6. The molecule has 1 aromatic rings. The summed E-state index contributed by atoms with van der Waals surface area (Å²) in [6.07, 6.45) is -4.64. The van der Waals surface area contributed by atoms with Gasteiger partial charge in [-0.3, -0.25) is 0 Å². The number of carboxylic acid groups (broad SMARTS) is 1. The predicted octanol–water partition coefficient (Wildman–Crippen LogP) is 2.34. The van der Waals surface area contributed by atoms with Gasteiger partial charge in [-0.15, -0.1) is 0 Å². The lowest BCUT2D eigenvalue weighted by Crippen LogP contribution is -2.33. The number of ether oxygens (including phenoxy) is 1. The van der Waals surface area contributed by atoms with Crippen molar-refractivity contribution in [3.63, 3.8) is 0 Å². The molecule has 0 amide bonds. The summed E-state index contributed by atoms with van der Waals surface area (Å²) in [5.41, 5.74) is -2.39. The average molecular weight is 344 g/mol. The van der Waals surface area contributed by atoms with Gasteiger partial charge in [-0.25, -0.2) is 4.79 Å². The summed E-state index contributed by atoms with van der Waals surface area (Å²) >= 11 is 0. The van der Waals surface area contributed by atoms with Gasteiger partial charge in [0.2, 0.25) is 0 Å². The number of aliphatic carboxylic acids is 1. The zero-order valence-electron chi connectivity index (χ0n) is 13.4. The minimum Gasteiger partial charge on any atom is -0.544 e. The number of hydrogen-bond donors (Lipinski definition) is 1. The van der Waals surface area contributed by atoms with Crippen LogP contribution in [0.5, 0.6) is 0 Å². The number of para-hydroxylation sites is 1. The van der Waals surface area contributed by atoms with Gasteiger partial charge in [-0.2, -0.15) is 13.2 Å². The van der Waals surface area contributed by atoms with E-state index in [0.717, 1.165) is 12.1 Å². The monoisotopic (exact) mass is 344 g/mol. The molecule has 0 saturated carbocycles. The van der Waals surface area contributed by atoms with E-state index in [9.17, 15) is 27.9 Å². The van der Waals surface area contributed by atoms with Crippen LogP contribution in [0.3, 0.4) is 0 Å². The Kier molecular flexibility index (Phi) is 6.39. The normalized spacial score (nSPS) is 12.6. The molecule has 1 aromatic carbocycles. The van der Waals surface area contributed by atoms with E-state index in [4.69, 9.17) is 0 Å². The average Bonchev–Trinajstić information content (AvgIpc) is 2.45. The van der Waals surface area contributed by atoms with E-state index in [1.165, 1.54) is 32.9 Å². The van der Waals surface area contributed by atoms with E-state index in [0.29, 0.717) is 0 Å². The third kappa shape index (κ3) is 4.74. The first kappa shape index (κ1) is 19.5. The van der Waals surface area contributed by atoms with Crippen LogP contribution in [0.2, 0.25) is 0 Å². The molecule has 132 valence electrons. The van der Waals surface area contributed by atoms with Gasteiger partial charge in [-0.05, 0) is 25.0 Å². The van der Waals surface area contributed by atoms with Crippen LogP contribution in [-0.4, -0.2) is 18.5 Å². The number of hydrogen-bond acceptors (Lipinski definition) is 5. The lowest BCUT2D eigenvalue weighted by Gasteiger charge is -2.22. The first-order valence-corrected chi connectivity index (χ1v) is 7.15. The van der Waals surface area contributed by atoms with E-state index >= 15 is 0 Å². The number of nitrogens with one attached hydrogen (secondary N) is 1. The second-order valence-corrected chi connectivity index (χ2v) is 5.12. The predicted molar refractivity (Wildman–Crippen MR) is 78.6 cm³/mol. The highest BCUT2D eigenvalue weighted by molar-refractivity contribution is 6.13. The molecule has 1 rings (SSSR count). The molecule has 0 aliphatic rings. The van der Waals surface area contributed by atoms with Gasteiger partial charge in [0.05, 0.1) is 23.8 Å². The maximum Gasteiger partial charge on any atom is 0.418 e. The molecule has 0 aromatic heterocycles. The Hall–Kier alpha value is -2.51. The summed E-state index contributed by atoms with van der Waals surface area (Å²) in [5.74, 6) is -3.59. The molecule has 0 aliphatic heterocycles. The van der Waals surface area contributed by atoms with E-state index < -0.39 is 35.2 Å². The number of allylic oxidation sites excluding steroid dienone is 1. The molecule has 0 radical (unpaired) electrons. The van der Waals surface area contributed by atoms with E-state index in [2.05, 4.69) is 10.1 Å². The van der Waals surface area contributed by atoms with Crippen molar-refractivity contribution in [2.45, 2.75) is 26.9 Å². The second kappa shape index (κ2) is 7.85. The highest BCUT2D eigenvalue weighted by atomic mass is 19.4. The van der Waals surface area contributed by atoms with Crippen LogP contribution < -0.4 is 10.4 Å². The number of anilines is 1. The molecule has 5 nitrogen and oxygen atoms in total. The van der Waals surface area contributed by atoms with Crippen molar-refractivity contribution in [2.24, 2.45) is 5.92 Å². The van der Waals surface area contributed by atoms with Crippen LogP contribution in [0.15, 0.2) is 35.5 Å². The van der Waals surface area contributed by atoms with Crippen LogP contribution in [-0.2, 0) is 20.5 Å². The second-order valence-electron chi connectivity index (χ2n) is 5.12. The smallest absolute Gasteiger partial charge is 0.418 e. The van der Waals surface area contributed by atoms with Gasteiger partial charge < -0.3 is 20.0 Å². The fraction of sp³-hybridized carbons (Fsp3) is 0.375. The van der Waals surface area contributed by atoms with Gasteiger partial charge >= 0.3 is 12.1 Å². The molecular formula is C16H17F3NO4-. The number of esters is 1. The number of alkyl halides is 3. The van der Waals surface area contributed by atoms with E-state index in [1.54, 1.807) is 0 Å². The summed E-state index contributed by atoms with van der Waals surface area (Å²) in [7, 11) is 0. The van der Waals surface area contributed by atoms with E-state index in [1.807, 2.05) is 0 Å². The third-order valence-corrected chi connectivity index (χ3v) is 3.03. The van der Waals surface area contributed by atoms with Gasteiger partial charge in [0, 0.05) is 5.70 Å². The molecule has 0 unspecified atom stereocenters. The Morgan fingerprint density at radius 3 is 2.29 bits per heavy atom. The summed E-state index contributed by atoms with van der Waals surface area (Å²) in [6, 6.07) is 4.56. The van der Waals surface area contributed by atoms with Crippen LogP contribution in [0.25, 0.3) is 0 Å². The number of carboxylic acids is 1. The highest BCUT2D eigenvalue weighted by Gasteiger charge is 2.34. The number of carbonyl (C=O) groups is 2. The van der Waals surface area contributed by atoms with Crippen molar-refractivity contribution >= 4 is 17.6 Å². The fourth-order valence-corrected chi connectivity index (χ4v) is 1.99. The quantitative estimate of drug-likeness (QED) is 0.371. The van der Waals surface area contributed by atoms with E-state index in [-0.39, 0.29) is 18.0 Å². The standard InChI is InChI=1S/C16H18F3NO4/c1-4-24-15(23)12(14(21)22)13(9(2)3)20-11-8-6-5-7-10(11)16(17,18)19/h5-9,20H,4H2,1-3H3,(H,21,22)/p-1. The van der Waals surface area contributed by atoms with Crippen LogP contribution in [0.4, 0.5) is 18.9 Å². The van der Waals surface area contributed by atoms with Crippen molar-refractivity contribution < 1.29 is 32.6 Å². The molecule has 0 atom stereocenters. The Bertz CT molecular complexity index is 651. The maximum absolute atomic E-state index is 13.1. The van der Waals surface area contributed by atoms with Gasteiger partial charge in [-0.1, -0.05) is 26.0 Å². The van der Waals surface area contributed by atoms with Gasteiger partial charge in [0.25, 0.3) is 0 Å². The van der Waals surface area contributed by atoms with Gasteiger partial charge in [0.1, 0.15) is 5.57 Å². The Morgan fingerprint density at radius 2 is 1.83 bits per heavy atom. The highest BCUT2D eigenvalue weighted by Crippen LogP contribution is 2.35. The first-order chi connectivity index (χ1) is 11.1. The lowest BCUT2D eigenvalue weighted by molar-refractivity contribution is -0.299. The minimum absolute atomic E-state index is 0.0832. The fourth-order valence-electron chi connectivity index (χ4n) is 1.99. The van der Waals surface area contributed by atoms with Crippen LogP contribution in [0, 0.1) is 5.92 Å². The van der Waals surface area contributed by atoms with Crippen molar-refractivity contribution in [1.82, 2.24) is 0 Å². The van der Waals surface area contributed by atoms with Crippen molar-refractivity contribution in [1.29, 1.82) is 0 Å². The molecule has 0 heterocycles. The van der Waals surface area contributed by atoms with Crippen LogP contribution in [0.1, 0.15) is 26.3 Å². The molecule has 0 fully saturated rings. The summed E-state index contributed by atoms with van der Waals surface area (Å²) in [4.78, 5) is 23.1. The SMILES string of the molecule is CCOC(=O)C(C(=O)[O-])=C(Nc1ccccc1C(F)(F)F)C(C)C. The maximum atomic E-state index is 13.1. The summed E-state index contributed by atoms with van der Waals surface area (Å²) < 4.78 is 43.8. The molecule has 0 saturated heterocycles. The molecule has 0 aliphatic carbocycles. The summed E-state index contributed by atoms with van der Waals surface area (Å²) in [6.45, 7) is 4.45. The van der Waals surface area contributed by atoms with Crippen LogP contribution >= 0.6 is 0 Å². The number of carbonyl (C=O) groups excluding carboxylic acids is 2. The molecule has 8 heteroatoms. The van der Waals surface area contributed by atoms with Gasteiger partial charge in [0.15, 0.2) is 0 Å². The lowest BCUT2D eigenvalue weighted by atomic mass is 10.0. The zero-order valence-corrected chi connectivity index (χ0v) is 13.4. The zero-order chi connectivity index (χ0) is 18.5. The number of halogens is 3. The topological polar surface area (TPSA) is 78.5 Å². The molecule has 1 N–H and O–H groups in total. The van der Waals surface area contributed by atoms with Crippen molar-refractivity contribution in [3.8, 4) is 0 Å². The van der Waals surface area contributed by atoms with Crippen molar-refractivity contribution in [2.75, 3.05) is 11.9 Å². The molecule has 0 spiro atoms.